The van der Waals surface area contributed by atoms with Crippen LogP contribution in [-0.2, 0) is 6.54 Å². The summed E-state index contributed by atoms with van der Waals surface area (Å²) in [5.74, 6) is 2.34. The lowest BCUT2D eigenvalue weighted by atomic mass is 9.93. The summed E-state index contributed by atoms with van der Waals surface area (Å²) in [7, 11) is 3.29. The summed E-state index contributed by atoms with van der Waals surface area (Å²) < 4.78 is 10.6. The minimum absolute atomic E-state index is 0. The summed E-state index contributed by atoms with van der Waals surface area (Å²) in [6.45, 7) is 3.38. The van der Waals surface area contributed by atoms with Crippen LogP contribution < -0.4 is 20.1 Å². The van der Waals surface area contributed by atoms with Crippen molar-refractivity contribution in [2.75, 3.05) is 20.8 Å². The molecule has 1 aliphatic rings. The maximum Gasteiger partial charge on any atom is 0.191 e. The van der Waals surface area contributed by atoms with E-state index in [2.05, 4.69) is 22.5 Å². The van der Waals surface area contributed by atoms with Crippen LogP contribution in [0.1, 0.15) is 38.2 Å². The van der Waals surface area contributed by atoms with Crippen LogP contribution in [-0.4, -0.2) is 44.0 Å². The van der Waals surface area contributed by atoms with Gasteiger partial charge in [-0.3, -0.25) is 0 Å². The van der Waals surface area contributed by atoms with Crippen molar-refractivity contribution in [2.24, 2.45) is 4.99 Å². The topological polar surface area (TPSA) is 75.1 Å². The number of rotatable bonds is 6. The van der Waals surface area contributed by atoms with E-state index >= 15 is 0 Å². The van der Waals surface area contributed by atoms with Gasteiger partial charge in [0.05, 0.1) is 26.9 Å². The highest BCUT2D eigenvalue weighted by Crippen LogP contribution is 2.25. The molecule has 7 heteroatoms. The molecule has 0 heterocycles. The Bertz CT molecular complexity index is 546. The largest absolute Gasteiger partial charge is 0.497 e. The van der Waals surface area contributed by atoms with Crippen molar-refractivity contribution in [2.45, 2.75) is 51.3 Å². The van der Waals surface area contributed by atoms with Crippen LogP contribution in [0.4, 0.5) is 0 Å². The molecule has 1 aromatic carbocycles. The lowest BCUT2D eigenvalue weighted by Gasteiger charge is -2.27. The van der Waals surface area contributed by atoms with E-state index < -0.39 is 0 Å². The molecule has 0 atom stereocenters. The highest BCUT2D eigenvalue weighted by atomic mass is 127. The van der Waals surface area contributed by atoms with Gasteiger partial charge in [-0.15, -0.1) is 24.0 Å². The molecule has 0 aliphatic heterocycles. The Balaban J connectivity index is 0.00000312. The molecule has 0 unspecified atom stereocenters. The number of halogens is 1. The third-order valence-electron chi connectivity index (χ3n) is 4.28. The summed E-state index contributed by atoms with van der Waals surface area (Å²) in [5, 5.41) is 16.4. The summed E-state index contributed by atoms with van der Waals surface area (Å²) in [5.41, 5.74) is 1.01. The minimum atomic E-state index is -0.147. The Hall–Kier alpha value is -1.22. The SMILES string of the molecule is CCNC(=NCc1ccc(OC)cc1OC)NC1CCC(O)CC1.I. The van der Waals surface area contributed by atoms with E-state index in [4.69, 9.17) is 9.47 Å². The molecule has 0 saturated heterocycles. The van der Waals surface area contributed by atoms with Gasteiger partial charge in [-0.25, -0.2) is 4.99 Å². The Labute approximate surface area is 167 Å². The summed E-state index contributed by atoms with van der Waals surface area (Å²) in [6, 6.07) is 6.12. The van der Waals surface area contributed by atoms with E-state index in [9.17, 15) is 5.11 Å². The highest BCUT2D eigenvalue weighted by Gasteiger charge is 2.20. The lowest BCUT2D eigenvalue weighted by Crippen LogP contribution is -2.45. The molecule has 0 aromatic heterocycles. The number of nitrogens with zero attached hydrogens (tertiary/aromatic N) is 1. The molecule has 0 radical (unpaired) electrons. The number of aliphatic imine (C=N–C) groups is 1. The molecule has 1 fully saturated rings. The maximum absolute atomic E-state index is 9.62. The van der Waals surface area contributed by atoms with Gasteiger partial charge in [0, 0.05) is 24.2 Å². The zero-order valence-corrected chi connectivity index (χ0v) is 17.6. The summed E-state index contributed by atoms with van der Waals surface area (Å²) in [4.78, 5) is 4.67. The Morgan fingerprint density at radius 2 is 1.92 bits per heavy atom. The van der Waals surface area contributed by atoms with Gasteiger partial charge in [0.2, 0.25) is 0 Å². The van der Waals surface area contributed by atoms with Crippen LogP contribution in [0.5, 0.6) is 11.5 Å². The average molecular weight is 463 g/mol. The van der Waals surface area contributed by atoms with E-state index in [0.717, 1.165) is 55.3 Å². The molecule has 1 aliphatic carbocycles. The van der Waals surface area contributed by atoms with Gasteiger partial charge in [0.15, 0.2) is 5.96 Å². The number of benzene rings is 1. The molecule has 25 heavy (non-hydrogen) atoms. The zero-order chi connectivity index (χ0) is 17.4. The van der Waals surface area contributed by atoms with Gasteiger partial charge >= 0.3 is 0 Å². The number of methoxy groups -OCH3 is 2. The second-order valence-electron chi connectivity index (χ2n) is 6.02. The molecule has 0 spiro atoms. The van der Waals surface area contributed by atoms with Gasteiger partial charge in [-0.1, -0.05) is 0 Å². The first-order valence-electron chi connectivity index (χ1n) is 8.60. The number of aliphatic hydroxyl groups is 1. The quantitative estimate of drug-likeness (QED) is 0.344. The predicted molar refractivity (Wildman–Crippen MR) is 111 cm³/mol. The number of ether oxygens (including phenoxy) is 2. The van der Waals surface area contributed by atoms with Gasteiger partial charge in [-0.05, 0) is 44.7 Å². The van der Waals surface area contributed by atoms with Gasteiger partial charge in [0.25, 0.3) is 0 Å². The number of guanidine groups is 1. The van der Waals surface area contributed by atoms with Gasteiger partial charge in [-0.2, -0.15) is 0 Å². The van der Waals surface area contributed by atoms with Crippen molar-refractivity contribution in [3.8, 4) is 11.5 Å². The molecule has 6 nitrogen and oxygen atoms in total. The Morgan fingerprint density at radius 3 is 2.52 bits per heavy atom. The molecule has 2 rings (SSSR count). The average Bonchev–Trinajstić information content (AvgIpc) is 2.61. The van der Waals surface area contributed by atoms with E-state index in [1.807, 2.05) is 18.2 Å². The number of nitrogens with one attached hydrogen (secondary N) is 2. The maximum atomic E-state index is 9.62. The zero-order valence-electron chi connectivity index (χ0n) is 15.2. The van der Waals surface area contributed by atoms with Gasteiger partial charge in [0.1, 0.15) is 11.5 Å². The first-order chi connectivity index (χ1) is 11.7. The monoisotopic (exact) mass is 463 g/mol. The molecular weight excluding hydrogens is 433 g/mol. The van der Waals surface area contributed by atoms with E-state index in [1.54, 1.807) is 14.2 Å². The number of hydrogen-bond donors (Lipinski definition) is 3. The van der Waals surface area contributed by atoms with Crippen molar-refractivity contribution in [3.63, 3.8) is 0 Å². The summed E-state index contributed by atoms with van der Waals surface area (Å²) in [6.07, 6.45) is 3.49. The third-order valence-corrected chi connectivity index (χ3v) is 4.28. The van der Waals surface area contributed by atoms with E-state index in [-0.39, 0.29) is 30.1 Å². The van der Waals surface area contributed by atoms with Crippen molar-refractivity contribution in [3.05, 3.63) is 23.8 Å². The fraction of sp³-hybridized carbons (Fsp3) is 0.611. The number of aliphatic hydroxyl groups excluding tert-OH is 1. The molecular formula is C18H30IN3O3. The highest BCUT2D eigenvalue weighted by molar-refractivity contribution is 14.0. The van der Waals surface area contributed by atoms with Crippen molar-refractivity contribution >= 4 is 29.9 Å². The fourth-order valence-electron chi connectivity index (χ4n) is 2.88. The van der Waals surface area contributed by atoms with E-state index in [1.165, 1.54) is 0 Å². The Kier molecular flexibility index (Phi) is 9.96. The van der Waals surface area contributed by atoms with Crippen LogP contribution >= 0.6 is 24.0 Å². The normalized spacial score (nSPS) is 20.4. The van der Waals surface area contributed by atoms with Crippen LogP contribution in [0.3, 0.4) is 0 Å². The first-order valence-corrected chi connectivity index (χ1v) is 8.60. The van der Waals surface area contributed by atoms with Crippen LogP contribution in [0.2, 0.25) is 0 Å². The van der Waals surface area contributed by atoms with Crippen LogP contribution in [0.25, 0.3) is 0 Å². The van der Waals surface area contributed by atoms with Crippen molar-refractivity contribution in [1.82, 2.24) is 10.6 Å². The second-order valence-corrected chi connectivity index (χ2v) is 6.02. The summed E-state index contributed by atoms with van der Waals surface area (Å²) >= 11 is 0. The van der Waals surface area contributed by atoms with E-state index in [0.29, 0.717) is 12.6 Å². The fourth-order valence-corrected chi connectivity index (χ4v) is 2.88. The number of hydrogen-bond acceptors (Lipinski definition) is 4. The third kappa shape index (κ3) is 6.89. The molecule has 142 valence electrons. The predicted octanol–water partition coefficient (Wildman–Crippen LogP) is 2.68. The molecule has 1 aromatic rings. The molecule has 0 amide bonds. The van der Waals surface area contributed by atoms with Gasteiger partial charge < -0.3 is 25.2 Å². The van der Waals surface area contributed by atoms with Crippen molar-refractivity contribution in [1.29, 1.82) is 0 Å². The minimum Gasteiger partial charge on any atom is -0.497 e. The second kappa shape index (κ2) is 11.4. The molecule has 1 saturated carbocycles. The molecule has 0 bridgehead atoms. The van der Waals surface area contributed by atoms with Crippen LogP contribution in [0, 0.1) is 0 Å². The Morgan fingerprint density at radius 1 is 1.20 bits per heavy atom. The van der Waals surface area contributed by atoms with Crippen molar-refractivity contribution < 1.29 is 14.6 Å². The first kappa shape index (κ1) is 21.8. The lowest BCUT2D eigenvalue weighted by molar-refractivity contribution is 0.120. The molecule has 3 N–H and O–H groups in total. The standard InChI is InChI=1S/C18H29N3O3.HI/c1-4-19-18(21-14-6-8-15(22)9-7-14)20-12-13-5-10-16(23-2)11-17(13)24-3;/h5,10-11,14-15,22H,4,6-9,12H2,1-3H3,(H2,19,20,21);1H. The smallest absolute Gasteiger partial charge is 0.191 e. The van der Waals surface area contributed by atoms with Crippen LogP contribution in [0.15, 0.2) is 23.2 Å².